The van der Waals surface area contributed by atoms with Gasteiger partial charge < -0.3 is 30.3 Å². The quantitative estimate of drug-likeness (QED) is 0.351. The first-order valence-electron chi connectivity index (χ1n) is 11.5. The SMILES string of the molecule is O=C(Nc1cccc(F)c1)Nc1cccc(Oc2ccc3ncc(N4CCN(C(=O)O)CC4)nc3c2)c1. The van der Waals surface area contributed by atoms with E-state index in [2.05, 4.69) is 15.6 Å². The van der Waals surface area contributed by atoms with Crippen molar-refractivity contribution in [3.05, 3.63) is 78.7 Å². The van der Waals surface area contributed by atoms with Crippen LogP contribution < -0.4 is 20.3 Å². The van der Waals surface area contributed by atoms with E-state index >= 15 is 0 Å². The van der Waals surface area contributed by atoms with Crippen molar-refractivity contribution >= 4 is 40.4 Å². The van der Waals surface area contributed by atoms with Crippen molar-refractivity contribution in [2.24, 2.45) is 0 Å². The van der Waals surface area contributed by atoms with Gasteiger partial charge in [0.1, 0.15) is 23.1 Å². The first kappa shape index (κ1) is 23.8. The molecule has 1 aliphatic heterocycles. The lowest BCUT2D eigenvalue weighted by Gasteiger charge is -2.33. The number of hydrogen-bond acceptors (Lipinski definition) is 6. The van der Waals surface area contributed by atoms with Crippen LogP contribution in [0.2, 0.25) is 0 Å². The summed E-state index contributed by atoms with van der Waals surface area (Å²) in [5.74, 6) is 1.26. The van der Waals surface area contributed by atoms with Crippen molar-refractivity contribution in [3.8, 4) is 11.5 Å². The van der Waals surface area contributed by atoms with Crippen LogP contribution in [-0.2, 0) is 0 Å². The maximum absolute atomic E-state index is 13.3. The van der Waals surface area contributed by atoms with E-state index in [4.69, 9.17) is 14.8 Å². The van der Waals surface area contributed by atoms with E-state index in [0.717, 1.165) is 0 Å². The van der Waals surface area contributed by atoms with Gasteiger partial charge in [0.05, 0.1) is 17.2 Å². The lowest BCUT2D eigenvalue weighted by atomic mass is 10.2. The van der Waals surface area contributed by atoms with E-state index in [0.29, 0.717) is 65.9 Å². The number of rotatable bonds is 5. The minimum atomic E-state index is -0.919. The molecule has 4 aromatic rings. The highest BCUT2D eigenvalue weighted by Gasteiger charge is 2.21. The molecule has 3 N–H and O–H groups in total. The Balaban J connectivity index is 1.26. The minimum absolute atomic E-state index is 0.338. The van der Waals surface area contributed by atoms with Crippen LogP contribution in [0.1, 0.15) is 0 Å². The van der Waals surface area contributed by atoms with Gasteiger partial charge in [-0.05, 0) is 42.5 Å². The fraction of sp³-hybridized carbons (Fsp3) is 0.154. The zero-order chi connectivity index (χ0) is 25.8. The van der Waals surface area contributed by atoms with Gasteiger partial charge in [-0.25, -0.2) is 19.0 Å². The molecule has 0 radical (unpaired) electrons. The van der Waals surface area contributed by atoms with Gasteiger partial charge in [0.2, 0.25) is 0 Å². The average Bonchev–Trinajstić information content (AvgIpc) is 2.88. The van der Waals surface area contributed by atoms with E-state index in [9.17, 15) is 14.0 Å². The number of nitrogens with one attached hydrogen (secondary N) is 2. The Bertz CT molecular complexity index is 1460. The summed E-state index contributed by atoms with van der Waals surface area (Å²) in [4.78, 5) is 36.0. The van der Waals surface area contributed by atoms with E-state index in [-0.39, 0.29) is 0 Å². The van der Waals surface area contributed by atoms with Gasteiger partial charge >= 0.3 is 12.1 Å². The first-order valence-corrected chi connectivity index (χ1v) is 11.5. The molecule has 0 aliphatic carbocycles. The number of ether oxygens (including phenoxy) is 1. The predicted molar refractivity (Wildman–Crippen MR) is 137 cm³/mol. The Morgan fingerprint density at radius 1 is 0.865 bits per heavy atom. The van der Waals surface area contributed by atoms with Crippen LogP contribution >= 0.6 is 0 Å². The monoisotopic (exact) mass is 502 g/mol. The highest BCUT2D eigenvalue weighted by molar-refractivity contribution is 5.99. The molecule has 2 heterocycles. The summed E-state index contributed by atoms with van der Waals surface area (Å²) in [5, 5.41) is 14.4. The molecule has 3 amide bonds. The molecule has 3 aromatic carbocycles. The molecular formula is C26H23FN6O4. The van der Waals surface area contributed by atoms with E-state index < -0.39 is 17.9 Å². The molecule has 11 heteroatoms. The number of carbonyl (C=O) groups excluding carboxylic acids is 1. The third kappa shape index (κ3) is 5.84. The van der Waals surface area contributed by atoms with Gasteiger partial charge in [-0.2, -0.15) is 0 Å². The number of hydrogen-bond donors (Lipinski definition) is 3. The van der Waals surface area contributed by atoms with Crippen LogP contribution in [0.3, 0.4) is 0 Å². The Labute approximate surface area is 211 Å². The summed E-state index contributed by atoms with van der Waals surface area (Å²) in [7, 11) is 0. The van der Waals surface area contributed by atoms with Crippen LogP contribution in [0.25, 0.3) is 11.0 Å². The number of carbonyl (C=O) groups is 2. The molecule has 188 valence electrons. The summed E-state index contributed by atoms with van der Waals surface area (Å²) >= 11 is 0. The molecule has 1 aromatic heterocycles. The average molecular weight is 503 g/mol. The Morgan fingerprint density at radius 2 is 1.57 bits per heavy atom. The molecule has 5 rings (SSSR count). The number of anilines is 3. The number of piperazine rings is 1. The van der Waals surface area contributed by atoms with Crippen molar-refractivity contribution < 1.29 is 23.8 Å². The van der Waals surface area contributed by atoms with Crippen molar-refractivity contribution in [1.29, 1.82) is 0 Å². The molecular weight excluding hydrogens is 479 g/mol. The zero-order valence-corrected chi connectivity index (χ0v) is 19.6. The van der Waals surface area contributed by atoms with E-state index in [1.165, 1.54) is 23.1 Å². The predicted octanol–water partition coefficient (Wildman–Crippen LogP) is 5.01. The highest BCUT2D eigenvalue weighted by atomic mass is 19.1. The smallest absolute Gasteiger partial charge is 0.407 e. The fourth-order valence-electron chi connectivity index (χ4n) is 3.96. The number of fused-ring (bicyclic) bond motifs is 1. The number of carboxylic acid groups (broad SMARTS) is 1. The second-order valence-electron chi connectivity index (χ2n) is 8.35. The largest absolute Gasteiger partial charge is 0.465 e. The standard InChI is InChI=1S/C26H23FN6O4/c27-17-3-1-4-18(13-17)29-25(34)30-19-5-2-6-20(14-19)37-21-7-8-22-23(15-21)31-24(16-28-22)32-9-11-33(12-10-32)26(35)36/h1-8,13-16H,9-12H2,(H,35,36)(H2,29,30,34). The normalized spacial score (nSPS) is 13.3. The van der Waals surface area contributed by atoms with Gasteiger partial charge in [-0.1, -0.05) is 12.1 Å². The topological polar surface area (TPSA) is 120 Å². The first-order chi connectivity index (χ1) is 17.9. The summed E-state index contributed by atoms with van der Waals surface area (Å²) in [5.41, 5.74) is 2.17. The molecule has 1 aliphatic rings. The van der Waals surface area contributed by atoms with Crippen LogP contribution in [0.5, 0.6) is 11.5 Å². The Hall–Kier alpha value is -4.93. The highest BCUT2D eigenvalue weighted by Crippen LogP contribution is 2.27. The maximum atomic E-state index is 13.3. The molecule has 37 heavy (non-hydrogen) atoms. The van der Waals surface area contributed by atoms with Crippen molar-refractivity contribution in [2.45, 2.75) is 0 Å². The molecule has 0 bridgehead atoms. The van der Waals surface area contributed by atoms with Gasteiger partial charge in [0, 0.05) is 49.7 Å². The summed E-state index contributed by atoms with van der Waals surface area (Å²) in [6.07, 6.45) is 0.765. The third-order valence-electron chi connectivity index (χ3n) is 5.79. The van der Waals surface area contributed by atoms with Gasteiger partial charge in [0.25, 0.3) is 0 Å². The number of halogens is 1. The number of amides is 3. The molecule has 0 atom stereocenters. The number of aromatic nitrogens is 2. The molecule has 1 fully saturated rings. The Morgan fingerprint density at radius 3 is 2.30 bits per heavy atom. The number of urea groups is 1. The third-order valence-corrected chi connectivity index (χ3v) is 5.79. The second-order valence-corrected chi connectivity index (χ2v) is 8.35. The summed E-state index contributed by atoms with van der Waals surface area (Å²) in [6, 6.07) is 17.3. The van der Waals surface area contributed by atoms with Crippen molar-refractivity contribution in [3.63, 3.8) is 0 Å². The Kier molecular flexibility index (Phi) is 6.66. The summed E-state index contributed by atoms with van der Waals surface area (Å²) in [6.45, 7) is 1.89. The van der Waals surface area contributed by atoms with Crippen molar-refractivity contribution in [1.82, 2.24) is 14.9 Å². The molecule has 0 spiro atoms. The molecule has 0 saturated carbocycles. The van der Waals surface area contributed by atoms with Crippen LogP contribution in [0.15, 0.2) is 72.9 Å². The summed E-state index contributed by atoms with van der Waals surface area (Å²) < 4.78 is 19.3. The van der Waals surface area contributed by atoms with Crippen LogP contribution in [-0.4, -0.2) is 58.3 Å². The lowest BCUT2D eigenvalue weighted by molar-refractivity contribution is 0.142. The van der Waals surface area contributed by atoms with Crippen LogP contribution in [0.4, 0.5) is 31.2 Å². The minimum Gasteiger partial charge on any atom is -0.465 e. The maximum Gasteiger partial charge on any atom is 0.407 e. The molecule has 0 unspecified atom stereocenters. The lowest BCUT2D eigenvalue weighted by Crippen LogP contribution is -2.48. The van der Waals surface area contributed by atoms with E-state index in [1.54, 1.807) is 54.7 Å². The molecule has 1 saturated heterocycles. The number of benzene rings is 3. The van der Waals surface area contributed by atoms with Gasteiger partial charge in [-0.15, -0.1) is 0 Å². The number of nitrogens with zero attached hydrogens (tertiary/aromatic N) is 4. The van der Waals surface area contributed by atoms with Gasteiger partial charge in [-0.3, -0.25) is 4.98 Å². The second kappa shape index (κ2) is 10.4. The van der Waals surface area contributed by atoms with Gasteiger partial charge in [0.15, 0.2) is 0 Å². The molecule has 10 nitrogen and oxygen atoms in total. The van der Waals surface area contributed by atoms with Crippen LogP contribution in [0, 0.1) is 5.82 Å². The van der Waals surface area contributed by atoms with Crippen molar-refractivity contribution in [2.75, 3.05) is 41.7 Å². The van der Waals surface area contributed by atoms with E-state index in [1.807, 2.05) is 4.90 Å². The fourth-order valence-corrected chi connectivity index (χ4v) is 3.96. The zero-order valence-electron chi connectivity index (χ0n) is 19.6.